The highest BCUT2D eigenvalue weighted by atomic mass is 16.1. The quantitative estimate of drug-likeness (QED) is 0.711. The zero-order chi connectivity index (χ0) is 15.1. The standard InChI is InChI=1S/C16H34N2O/c1-12(2)13(3)11-18-15(19)8-7-14(9-10-17)16(4,5)6/h12-14H,7-11,17H2,1-6H3,(H,18,19). The Morgan fingerprint density at radius 2 is 1.74 bits per heavy atom. The van der Waals surface area contributed by atoms with Crippen molar-refractivity contribution in [1.29, 1.82) is 0 Å². The lowest BCUT2D eigenvalue weighted by atomic mass is 9.76. The minimum absolute atomic E-state index is 0.179. The van der Waals surface area contributed by atoms with Crippen LogP contribution in [-0.4, -0.2) is 19.0 Å². The van der Waals surface area contributed by atoms with E-state index >= 15 is 0 Å². The second kappa shape index (κ2) is 8.57. The van der Waals surface area contributed by atoms with E-state index in [4.69, 9.17) is 5.73 Å². The summed E-state index contributed by atoms with van der Waals surface area (Å²) in [5.74, 6) is 1.84. The lowest BCUT2D eigenvalue weighted by molar-refractivity contribution is -0.121. The molecule has 0 fully saturated rings. The zero-order valence-electron chi connectivity index (χ0n) is 13.8. The predicted molar refractivity (Wildman–Crippen MR) is 82.9 cm³/mol. The molecular formula is C16H34N2O. The van der Waals surface area contributed by atoms with Crippen molar-refractivity contribution in [3.8, 4) is 0 Å². The van der Waals surface area contributed by atoms with Crippen LogP contribution in [0.4, 0.5) is 0 Å². The molecule has 114 valence electrons. The number of hydrogen-bond donors (Lipinski definition) is 2. The number of carbonyl (C=O) groups is 1. The summed E-state index contributed by atoms with van der Waals surface area (Å²) >= 11 is 0. The lowest BCUT2D eigenvalue weighted by Gasteiger charge is -2.30. The maximum absolute atomic E-state index is 11.9. The number of hydrogen-bond acceptors (Lipinski definition) is 2. The second-order valence-corrected chi connectivity index (χ2v) is 7.20. The maximum Gasteiger partial charge on any atom is 0.220 e. The first-order valence-electron chi connectivity index (χ1n) is 7.65. The molecule has 0 aliphatic rings. The second-order valence-electron chi connectivity index (χ2n) is 7.20. The molecule has 0 aromatic heterocycles. The van der Waals surface area contributed by atoms with Crippen molar-refractivity contribution in [2.75, 3.05) is 13.1 Å². The van der Waals surface area contributed by atoms with Gasteiger partial charge in [-0.05, 0) is 42.6 Å². The Morgan fingerprint density at radius 3 is 2.16 bits per heavy atom. The van der Waals surface area contributed by atoms with Gasteiger partial charge in [0.15, 0.2) is 0 Å². The zero-order valence-corrected chi connectivity index (χ0v) is 13.8. The first-order chi connectivity index (χ1) is 8.68. The highest BCUT2D eigenvalue weighted by Crippen LogP contribution is 2.31. The number of carbonyl (C=O) groups excluding carboxylic acids is 1. The van der Waals surface area contributed by atoms with Gasteiger partial charge in [-0.2, -0.15) is 0 Å². The van der Waals surface area contributed by atoms with Crippen molar-refractivity contribution < 1.29 is 4.79 Å². The van der Waals surface area contributed by atoms with E-state index in [1.54, 1.807) is 0 Å². The van der Waals surface area contributed by atoms with E-state index in [9.17, 15) is 4.79 Å². The topological polar surface area (TPSA) is 55.1 Å². The third-order valence-electron chi connectivity index (χ3n) is 4.22. The minimum atomic E-state index is 0.179. The third kappa shape index (κ3) is 8.25. The summed E-state index contributed by atoms with van der Waals surface area (Å²) < 4.78 is 0. The Bertz CT molecular complexity index is 256. The fraction of sp³-hybridized carbons (Fsp3) is 0.938. The molecule has 0 aliphatic carbocycles. The fourth-order valence-corrected chi connectivity index (χ4v) is 2.12. The van der Waals surface area contributed by atoms with Gasteiger partial charge in [0.25, 0.3) is 0 Å². The molecule has 3 nitrogen and oxygen atoms in total. The van der Waals surface area contributed by atoms with Gasteiger partial charge in [-0.3, -0.25) is 4.79 Å². The van der Waals surface area contributed by atoms with Gasteiger partial charge >= 0.3 is 0 Å². The van der Waals surface area contributed by atoms with Gasteiger partial charge in [0.1, 0.15) is 0 Å². The SMILES string of the molecule is CC(C)C(C)CNC(=O)CCC(CCN)C(C)(C)C. The molecule has 0 saturated carbocycles. The first kappa shape index (κ1) is 18.4. The molecule has 0 saturated heterocycles. The van der Waals surface area contributed by atoms with Crippen molar-refractivity contribution in [2.45, 2.75) is 60.8 Å². The van der Waals surface area contributed by atoms with Crippen LogP contribution in [0, 0.1) is 23.2 Å². The molecule has 2 atom stereocenters. The number of rotatable bonds is 8. The number of nitrogens with one attached hydrogen (secondary N) is 1. The Hall–Kier alpha value is -0.570. The normalized spacial score (nSPS) is 15.4. The van der Waals surface area contributed by atoms with Gasteiger partial charge in [-0.15, -0.1) is 0 Å². The highest BCUT2D eigenvalue weighted by molar-refractivity contribution is 5.75. The highest BCUT2D eigenvalue weighted by Gasteiger charge is 2.24. The average molecular weight is 270 g/mol. The molecule has 19 heavy (non-hydrogen) atoms. The molecule has 0 spiro atoms. The summed E-state index contributed by atoms with van der Waals surface area (Å²) in [5.41, 5.74) is 5.89. The van der Waals surface area contributed by atoms with Crippen LogP contribution < -0.4 is 11.1 Å². The summed E-state index contributed by atoms with van der Waals surface area (Å²) in [4.78, 5) is 11.9. The van der Waals surface area contributed by atoms with Crippen LogP contribution >= 0.6 is 0 Å². The molecule has 2 unspecified atom stereocenters. The molecule has 0 radical (unpaired) electrons. The molecule has 1 amide bonds. The van der Waals surface area contributed by atoms with Gasteiger partial charge in [0.2, 0.25) is 5.91 Å². The third-order valence-corrected chi connectivity index (χ3v) is 4.22. The van der Waals surface area contributed by atoms with E-state index in [-0.39, 0.29) is 11.3 Å². The Morgan fingerprint density at radius 1 is 1.16 bits per heavy atom. The first-order valence-corrected chi connectivity index (χ1v) is 7.65. The maximum atomic E-state index is 11.9. The Kier molecular flexibility index (Phi) is 8.31. The summed E-state index contributed by atoms with van der Waals surface area (Å²) in [6.45, 7) is 14.7. The van der Waals surface area contributed by atoms with E-state index in [2.05, 4.69) is 46.9 Å². The summed E-state index contributed by atoms with van der Waals surface area (Å²) in [7, 11) is 0. The van der Waals surface area contributed by atoms with Gasteiger partial charge in [-0.25, -0.2) is 0 Å². The molecule has 0 heterocycles. The molecule has 0 bridgehead atoms. The Balaban J connectivity index is 4.06. The number of nitrogens with two attached hydrogens (primary N) is 1. The van der Waals surface area contributed by atoms with Crippen LogP contribution in [-0.2, 0) is 4.79 Å². The van der Waals surface area contributed by atoms with Crippen LogP contribution in [0.3, 0.4) is 0 Å². The van der Waals surface area contributed by atoms with Crippen LogP contribution in [0.2, 0.25) is 0 Å². The largest absolute Gasteiger partial charge is 0.356 e. The van der Waals surface area contributed by atoms with E-state index in [1.807, 2.05) is 0 Å². The van der Waals surface area contributed by atoms with Crippen molar-refractivity contribution in [1.82, 2.24) is 5.32 Å². The average Bonchev–Trinajstić information content (AvgIpc) is 2.29. The van der Waals surface area contributed by atoms with Gasteiger partial charge in [-0.1, -0.05) is 41.5 Å². The van der Waals surface area contributed by atoms with E-state index in [1.165, 1.54) is 0 Å². The number of amides is 1. The van der Waals surface area contributed by atoms with Crippen LogP contribution in [0.1, 0.15) is 60.8 Å². The van der Waals surface area contributed by atoms with Crippen molar-refractivity contribution in [2.24, 2.45) is 28.9 Å². The summed E-state index contributed by atoms with van der Waals surface area (Å²) in [5, 5.41) is 3.04. The van der Waals surface area contributed by atoms with Crippen LogP contribution in [0.25, 0.3) is 0 Å². The fourth-order valence-electron chi connectivity index (χ4n) is 2.12. The summed E-state index contributed by atoms with van der Waals surface area (Å²) in [6.07, 6.45) is 2.55. The van der Waals surface area contributed by atoms with E-state index < -0.39 is 0 Å². The lowest BCUT2D eigenvalue weighted by Crippen LogP contribution is -2.31. The van der Waals surface area contributed by atoms with Crippen LogP contribution in [0.5, 0.6) is 0 Å². The monoisotopic (exact) mass is 270 g/mol. The van der Waals surface area contributed by atoms with Gasteiger partial charge in [0.05, 0.1) is 0 Å². The van der Waals surface area contributed by atoms with E-state index in [0.29, 0.717) is 30.7 Å². The smallest absolute Gasteiger partial charge is 0.220 e. The van der Waals surface area contributed by atoms with E-state index in [0.717, 1.165) is 19.4 Å². The molecule has 0 aromatic carbocycles. The van der Waals surface area contributed by atoms with Gasteiger partial charge in [0, 0.05) is 13.0 Å². The molecule has 3 heteroatoms. The van der Waals surface area contributed by atoms with Gasteiger partial charge < -0.3 is 11.1 Å². The molecule has 0 aliphatic heterocycles. The molecule has 0 aromatic rings. The summed E-state index contributed by atoms with van der Waals surface area (Å²) in [6, 6.07) is 0. The minimum Gasteiger partial charge on any atom is -0.356 e. The predicted octanol–water partition coefficient (Wildman–Crippen LogP) is 3.19. The van der Waals surface area contributed by atoms with Crippen LogP contribution in [0.15, 0.2) is 0 Å². The van der Waals surface area contributed by atoms with Crippen molar-refractivity contribution >= 4 is 5.91 Å². The molecule has 0 rings (SSSR count). The Labute approximate surface area is 119 Å². The molecular weight excluding hydrogens is 236 g/mol. The molecule has 3 N–H and O–H groups in total. The van der Waals surface area contributed by atoms with Crippen molar-refractivity contribution in [3.05, 3.63) is 0 Å². The van der Waals surface area contributed by atoms with Crippen molar-refractivity contribution in [3.63, 3.8) is 0 Å².